The lowest BCUT2D eigenvalue weighted by atomic mass is 10.0. The predicted molar refractivity (Wildman–Crippen MR) is 98.3 cm³/mol. The number of nitrogens with one attached hydrogen (secondary N) is 1. The Labute approximate surface area is 161 Å². The first kappa shape index (κ1) is 19.7. The molecule has 2 atom stereocenters. The third kappa shape index (κ3) is 3.55. The second kappa shape index (κ2) is 7.16. The molecule has 2 aromatic rings. The van der Waals surface area contributed by atoms with E-state index >= 15 is 0 Å². The van der Waals surface area contributed by atoms with Gasteiger partial charge in [0.1, 0.15) is 5.75 Å². The predicted octanol–water partition coefficient (Wildman–Crippen LogP) is 3.54. The zero-order valence-corrected chi connectivity index (χ0v) is 15.4. The molecule has 1 aromatic heterocycles. The number of hydrogen-bond donors (Lipinski definition) is 2. The molecular formula is C18H20ClF3N4O. The quantitative estimate of drug-likeness (QED) is 0.807. The fourth-order valence-electron chi connectivity index (χ4n) is 4.03. The molecule has 2 aliphatic heterocycles. The summed E-state index contributed by atoms with van der Waals surface area (Å²) in [5, 5.41) is 22.0. The van der Waals surface area contributed by atoms with Crippen LogP contribution in [-0.4, -0.2) is 40.5 Å². The number of phenolic OH excluding ortho intramolecular Hbond substituents is 1. The van der Waals surface area contributed by atoms with Crippen LogP contribution in [0.15, 0.2) is 24.3 Å². The molecular weight excluding hydrogens is 381 g/mol. The molecule has 0 saturated carbocycles. The zero-order valence-electron chi connectivity index (χ0n) is 14.6. The first-order chi connectivity index (χ1) is 12.3. The van der Waals surface area contributed by atoms with Gasteiger partial charge in [-0.25, -0.2) is 0 Å². The molecule has 2 saturated heterocycles. The Kier molecular flexibility index (Phi) is 5.22. The number of aromatic hydroxyl groups is 1. The number of rotatable bonds is 2. The van der Waals surface area contributed by atoms with Gasteiger partial charge in [-0.3, -0.25) is 0 Å². The van der Waals surface area contributed by atoms with Gasteiger partial charge in [-0.2, -0.15) is 13.2 Å². The maximum atomic E-state index is 12.9. The Hall–Kier alpha value is -2.06. The number of fused-ring (bicyclic) bond motifs is 1. The molecule has 0 aliphatic carbocycles. The van der Waals surface area contributed by atoms with Gasteiger partial charge in [-0.05, 0) is 56.1 Å². The van der Waals surface area contributed by atoms with Crippen molar-refractivity contribution < 1.29 is 18.3 Å². The Balaban J connectivity index is 0.00000210. The van der Waals surface area contributed by atoms with Crippen LogP contribution in [0.5, 0.6) is 5.75 Å². The summed E-state index contributed by atoms with van der Waals surface area (Å²) < 4.78 is 38.6. The number of hydrogen-bond acceptors (Lipinski definition) is 5. The molecule has 0 bridgehead atoms. The molecule has 0 amide bonds. The largest absolute Gasteiger partial charge is 0.507 e. The minimum atomic E-state index is -4.50. The summed E-state index contributed by atoms with van der Waals surface area (Å²) in [6, 6.07) is 6.16. The lowest BCUT2D eigenvalue weighted by Crippen LogP contribution is -2.34. The summed E-state index contributed by atoms with van der Waals surface area (Å²) in [5.74, 6) is 0.314. The minimum absolute atomic E-state index is 0. The highest BCUT2D eigenvalue weighted by molar-refractivity contribution is 5.85. The summed E-state index contributed by atoms with van der Waals surface area (Å²) in [5.41, 5.74) is 0.0647. The van der Waals surface area contributed by atoms with E-state index < -0.39 is 17.5 Å². The highest BCUT2D eigenvalue weighted by Gasteiger charge is 2.38. The number of benzene rings is 1. The number of aromatic nitrogens is 2. The number of halogens is 4. The molecule has 9 heteroatoms. The zero-order chi connectivity index (χ0) is 18.5. The first-order valence-corrected chi connectivity index (χ1v) is 8.59. The highest BCUT2D eigenvalue weighted by atomic mass is 35.5. The number of aryl methyl sites for hydroxylation is 1. The van der Waals surface area contributed by atoms with Crippen LogP contribution >= 0.6 is 12.4 Å². The molecule has 0 spiro atoms. The second-order valence-electron chi connectivity index (χ2n) is 6.86. The van der Waals surface area contributed by atoms with Crippen LogP contribution in [0, 0.1) is 6.92 Å². The average molecular weight is 401 g/mol. The van der Waals surface area contributed by atoms with Crippen molar-refractivity contribution in [2.75, 3.05) is 18.0 Å². The van der Waals surface area contributed by atoms with Gasteiger partial charge in [0.15, 0.2) is 5.82 Å². The van der Waals surface area contributed by atoms with Gasteiger partial charge in [-0.15, -0.1) is 22.6 Å². The van der Waals surface area contributed by atoms with E-state index in [0.717, 1.165) is 43.9 Å². The van der Waals surface area contributed by atoms with E-state index in [1.807, 2.05) is 6.07 Å². The molecule has 5 nitrogen and oxygen atoms in total. The number of phenols is 1. The van der Waals surface area contributed by atoms with Gasteiger partial charge >= 0.3 is 6.18 Å². The van der Waals surface area contributed by atoms with Crippen molar-refractivity contribution in [3.8, 4) is 17.0 Å². The molecule has 27 heavy (non-hydrogen) atoms. The van der Waals surface area contributed by atoms with Gasteiger partial charge in [0.05, 0.1) is 11.3 Å². The van der Waals surface area contributed by atoms with Crippen molar-refractivity contribution in [1.82, 2.24) is 15.5 Å². The molecule has 4 rings (SSSR count). The molecule has 146 valence electrons. The topological polar surface area (TPSA) is 61.3 Å². The van der Waals surface area contributed by atoms with E-state index in [0.29, 0.717) is 23.3 Å². The molecule has 0 radical (unpaired) electrons. The minimum Gasteiger partial charge on any atom is -0.507 e. The smallest absolute Gasteiger partial charge is 0.416 e. The van der Waals surface area contributed by atoms with Crippen LogP contribution in [0.3, 0.4) is 0 Å². The normalized spacial score (nSPS) is 21.9. The van der Waals surface area contributed by atoms with Gasteiger partial charge < -0.3 is 15.3 Å². The third-order valence-electron chi connectivity index (χ3n) is 5.24. The third-order valence-corrected chi connectivity index (χ3v) is 5.24. The van der Waals surface area contributed by atoms with Gasteiger partial charge in [0.2, 0.25) is 0 Å². The maximum absolute atomic E-state index is 12.9. The van der Waals surface area contributed by atoms with Crippen LogP contribution in [0.1, 0.15) is 24.0 Å². The van der Waals surface area contributed by atoms with Gasteiger partial charge in [0.25, 0.3) is 0 Å². The average Bonchev–Trinajstić information content (AvgIpc) is 3.17. The Morgan fingerprint density at radius 3 is 2.59 bits per heavy atom. The second-order valence-corrected chi connectivity index (χ2v) is 6.86. The van der Waals surface area contributed by atoms with E-state index in [4.69, 9.17) is 0 Å². The lowest BCUT2D eigenvalue weighted by Gasteiger charge is -2.24. The van der Waals surface area contributed by atoms with Crippen LogP contribution in [-0.2, 0) is 6.18 Å². The van der Waals surface area contributed by atoms with Crippen molar-refractivity contribution in [2.24, 2.45) is 0 Å². The summed E-state index contributed by atoms with van der Waals surface area (Å²) in [4.78, 5) is 2.22. The van der Waals surface area contributed by atoms with E-state index in [9.17, 15) is 18.3 Å². The number of alkyl halides is 3. The summed E-state index contributed by atoms with van der Waals surface area (Å²) in [7, 11) is 0. The lowest BCUT2D eigenvalue weighted by molar-refractivity contribution is -0.137. The fraction of sp³-hybridized carbons (Fsp3) is 0.444. The van der Waals surface area contributed by atoms with Crippen molar-refractivity contribution >= 4 is 18.2 Å². The molecule has 1 aromatic carbocycles. The Bertz CT molecular complexity index is 805. The van der Waals surface area contributed by atoms with Crippen molar-refractivity contribution in [3.05, 3.63) is 35.4 Å². The summed E-state index contributed by atoms with van der Waals surface area (Å²) in [6.45, 7) is 3.42. The van der Waals surface area contributed by atoms with Gasteiger partial charge in [0, 0.05) is 24.2 Å². The SMILES string of the molecule is Cc1cc(C(F)(F)F)cc(O)c1-c1ccc(N2CCC3NCCC32)nn1.Cl. The molecule has 2 unspecified atom stereocenters. The summed E-state index contributed by atoms with van der Waals surface area (Å²) >= 11 is 0. The Morgan fingerprint density at radius 2 is 1.96 bits per heavy atom. The highest BCUT2D eigenvalue weighted by Crippen LogP contribution is 2.38. The van der Waals surface area contributed by atoms with E-state index in [-0.39, 0.29) is 18.0 Å². The standard InChI is InChI=1S/C18H19F3N4O.ClH/c1-10-8-11(18(19,20)21)9-15(26)17(10)13-2-3-16(24-23-13)25-7-5-12-14(25)4-6-22-12;/h2-3,8-9,12,14,22,26H,4-7H2,1H3;1H. The van der Waals surface area contributed by atoms with Gasteiger partial charge in [-0.1, -0.05) is 0 Å². The maximum Gasteiger partial charge on any atom is 0.416 e. The van der Waals surface area contributed by atoms with Crippen molar-refractivity contribution in [1.29, 1.82) is 0 Å². The number of anilines is 1. The molecule has 2 fully saturated rings. The molecule has 2 N–H and O–H groups in total. The fourth-order valence-corrected chi connectivity index (χ4v) is 4.03. The molecule has 3 heterocycles. The summed E-state index contributed by atoms with van der Waals surface area (Å²) in [6.07, 6.45) is -2.38. The first-order valence-electron chi connectivity index (χ1n) is 8.59. The van der Waals surface area contributed by atoms with Crippen LogP contribution in [0.4, 0.5) is 19.0 Å². The van der Waals surface area contributed by atoms with E-state index in [1.165, 1.54) is 6.92 Å². The monoisotopic (exact) mass is 400 g/mol. The van der Waals surface area contributed by atoms with Crippen molar-refractivity contribution in [2.45, 2.75) is 38.0 Å². The van der Waals surface area contributed by atoms with Crippen LogP contribution in [0.2, 0.25) is 0 Å². The Morgan fingerprint density at radius 1 is 1.19 bits per heavy atom. The van der Waals surface area contributed by atoms with E-state index in [2.05, 4.69) is 20.4 Å². The number of nitrogens with zero attached hydrogens (tertiary/aromatic N) is 3. The van der Waals surface area contributed by atoms with Crippen molar-refractivity contribution in [3.63, 3.8) is 0 Å². The van der Waals surface area contributed by atoms with Crippen LogP contribution < -0.4 is 10.2 Å². The van der Waals surface area contributed by atoms with Crippen LogP contribution in [0.25, 0.3) is 11.3 Å². The van der Waals surface area contributed by atoms with E-state index in [1.54, 1.807) is 6.07 Å². The molecule has 2 aliphatic rings.